The van der Waals surface area contributed by atoms with Crippen LogP contribution in [0, 0.1) is 11.8 Å². The molecule has 0 aromatic rings. The molecule has 2 bridgehead atoms. The van der Waals surface area contributed by atoms with E-state index in [4.69, 9.17) is 4.43 Å². The van der Waals surface area contributed by atoms with Gasteiger partial charge in [-0.1, -0.05) is 19.6 Å². The van der Waals surface area contributed by atoms with E-state index in [1.165, 1.54) is 25.7 Å². The zero-order valence-corrected chi connectivity index (χ0v) is 13.0. The van der Waals surface area contributed by atoms with Gasteiger partial charge in [0.05, 0.1) is 7.59 Å². The van der Waals surface area contributed by atoms with Gasteiger partial charge in [0.1, 0.15) is 0 Å². The molecule has 0 aromatic heterocycles. The Morgan fingerprint density at radius 1 is 0.933 bits per heavy atom. The van der Waals surface area contributed by atoms with Crippen LogP contribution in [0.2, 0.25) is 32.7 Å². The highest BCUT2D eigenvalue weighted by molar-refractivity contribution is 7.37. The molecule has 15 heavy (non-hydrogen) atoms. The van der Waals surface area contributed by atoms with Crippen molar-refractivity contribution in [2.45, 2.75) is 64.5 Å². The summed E-state index contributed by atoms with van der Waals surface area (Å²) in [7, 11) is -2.43. The van der Waals surface area contributed by atoms with Gasteiger partial charge < -0.3 is 4.43 Å². The van der Waals surface area contributed by atoms with Crippen molar-refractivity contribution in [2.24, 2.45) is 11.8 Å². The molecule has 2 fully saturated rings. The highest BCUT2D eigenvalue weighted by atomic mass is 29.3. The van der Waals surface area contributed by atoms with Crippen molar-refractivity contribution in [3.05, 3.63) is 0 Å². The van der Waals surface area contributed by atoms with Crippen LogP contribution in [0.3, 0.4) is 0 Å². The van der Waals surface area contributed by atoms with E-state index >= 15 is 0 Å². The summed E-state index contributed by atoms with van der Waals surface area (Å²) in [5.41, 5.74) is 0. The summed E-state index contributed by atoms with van der Waals surface area (Å²) in [6, 6.07) is 0. The van der Waals surface area contributed by atoms with Crippen LogP contribution in [-0.4, -0.2) is 21.5 Å². The lowest BCUT2D eigenvalue weighted by atomic mass is 9.98. The van der Waals surface area contributed by atoms with Crippen molar-refractivity contribution < 1.29 is 4.43 Å². The van der Waals surface area contributed by atoms with Gasteiger partial charge in [-0.2, -0.15) is 0 Å². The average Bonchev–Trinajstić information content (AvgIpc) is 2.61. The third-order valence-electron chi connectivity index (χ3n) is 4.93. The highest BCUT2D eigenvalue weighted by Crippen LogP contribution is 2.47. The summed E-state index contributed by atoms with van der Waals surface area (Å²) in [4.78, 5) is 0. The number of hydrogen-bond acceptors (Lipinski definition) is 1. The first-order chi connectivity index (χ1) is 6.79. The van der Waals surface area contributed by atoms with Crippen molar-refractivity contribution in [3.63, 3.8) is 0 Å². The zero-order valence-electron chi connectivity index (χ0n) is 11.0. The first kappa shape index (κ1) is 11.9. The Labute approximate surface area is 96.5 Å². The fourth-order valence-corrected chi connectivity index (χ4v) is 5.80. The summed E-state index contributed by atoms with van der Waals surface area (Å²) < 4.78 is 6.60. The maximum Gasteiger partial charge on any atom is 0.173 e. The molecule has 0 heterocycles. The predicted molar refractivity (Wildman–Crippen MR) is 71.1 cm³/mol. The topological polar surface area (TPSA) is 9.23 Å². The Morgan fingerprint density at radius 2 is 1.60 bits per heavy atom. The minimum atomic E-state index is -1.37. The molecule has 2 rings (SSSR count). The lowest BCUT2D eigenvalue weighted by molar-refractivity contribution is 0.135. The molecule has 3 unspecified atom stereocenters. The van der Waals surface area contributed by atoms with Crippen molar-refractivity contribution in [1.82, 2.24) is 0 Å². The molecule has 0 N–H and O–H groups in total. The quantitative estimate of drug-likeness (QED) is 0.684. The number of hydrogen-bond donors (Lipinski definition) is 0. The van der Waals surface area contributed by atoms with Gasteiger partial charge in [0.15, 0.2) is 7.83 Å². The Hall–Kier alpha value is 0.394. The lowest BCUT2D eigenvalue weighted by Crippen LogP contribution is -2.57. The van der Waals surface area contributed by atoms with Crippen LogP contribution in [0.15, 0.2) is 0 Å². The van der Waals surface area contributed by atoms with Crippen molar-refractivity contribution >= 4 is 15.4 Å². The second-order valence-electron chi connectivity index (χ2n) is 7.09. The Kier molecular flexibility index (Phi) is 2.93. The van der Waals surface area contributed by atoms with E-state index < -0.39 is 15.4 Å². The van der Waals surface area contributed by atoms with E-state index in [1.807, 2.05) is 0 Å². The minimum Gasteiger partial charge on any atom is -0.417 e. The molecule has 0 amide bonds. The van der Waals surface area contributed by atoms with Crippen LogP contribution < -0.4 is 0 Å². The van der Waals surface area contributed by atoms with Gasteiger partial charge in [-0.3, -0.25) is 0 Å². The highest BCUT2D eigenvalue weighted by Gasteiger charge is 2.46. The molecule has 1 nitrogen and oxygen atoms in total. The van der Waals surface area contributed by atoms with Crippen molar-refractivity contribution in [2.75, 3.05) is 0 Å². The van der Waals surface area contributed by atoms with Gasteiger partial charge in [-0.25, -0.2) is 0 Å². The zero-order chi connectivity index (χ0) is 11.3. The first-order valence-electron chi connectivity index (χ1n) is 6.47. The largest absolute Gasteiger partial charge is 0.417 e. The molecule has 2 aliphatic carbocycles. The van der Waals surface area contributed by atoms with Gasteiger partial charge in [-0.15, -0.1) is 0 Å². The molecule has 0 saturated heterocycles. The minimum absolute atomic E-state index is 0.650. The molecule has 3 heteroatoms. The summed E-state index contributed by atoms with van der Waals surface area (Å²) in [5.74, 6) is 1.95. The van der Waals surface area contributed by atoms with E-state index in [0.29, 0.717) is 6.10 Å². The standard InChI is InChI=1S/C12H26OSi2/c1-14(2,3)15(4,5)13-12-9-10-6-7-11(12)8-10/h10-12H,6-9H2,1-5H3. The number of rotatable bonds is 3. The fraction of sp³-hybridized carbons (Fsp3) is 1.00. The number of fused-ring (bicyclic) bond motifs is 2. The van der Waals surface area contributed by atoms with Crippen LogP contribution in [0.5, 0.6) is 0 Å². The summed E-state index contributed by atoms with van der Waals surface area (Å²) >= 11 is 0. The van der Waals surface area contributed by atoms with Crippen molar-refractivity contribution in [3.8, 4) is 0 Å². The van der Waals surface area contributed by atoms with Crippen LogP contribution in [0.4, 0.5) is 0 Å². The molecule has 2 aliphatic rings. The lowest BCUT2D eigenvalue weighted by Gasteiger charge is -2.39. The van der Waals surface area contributed by atoms with Gasteiger partial charge in [0, 0.05) is 6.10 Å². The van der Waals surface area contributed by atoms with E-state index in [0.717, 1.165) is 11.8 Å². The monoisotopic (exact) mass is 242 g/mol. The van der Waals surface area contributed by atoms with Crippen LogP contribution >= 0.6 is 0 Å². The van der Waals surface area contributed by atoms with Crippen molar-refractivity contribution in [1.29, 1.82) is 0 Å². The summed E-state index contributed by atoms with van der Waals surface area (Å²) in [5, 5.41) is 0. The van der Waals surface area contributed by atoms with E-state index in [-0.39, 0.29) is 0 Å². The maximum absolute atomic E-state index is 6.60. The molecule has 88 valence electrons. The molecule has 0 aliphatic heterocycles. The third kappa shape index (κ3) is 2.24. The second kappa shape index (κ2) is 3.71. The van der Waals surface area contributed by atoms with Gasteiger partial charge in [0.2, 0.25) is 0 Å². The maximum atomic E-state index is 6.60. The first-order valence-corrected chi connectivity index (χ1v) is 13.9. The van der Waals surface area contributed by atoms with Crippen LogP contribution in [-0.2, 0) is 4.43 Å². The Balaban J connectivity index is 1.97. The Bertz CT molecular complexity index is 244. The van der Waals surface area contributed by atoms with Gasteiger partial charge in [0.25, 0.3) is 0 Å². The normalized spacial score (nSPS) is 36.2. The third-order valence-corrected chi connectivity index (χ3v) is 20.6. The van der Waals surface area contributed by atoms with E-state index in [9.17, 15) is 0 Å². The van der Waals surface area contributed by atoms with E-state index in [1.54, 1.807) is 0 Å². The SMILES string of the molecule is C[Si](C)(C)[Si](C)(C)OC1CC2CCC1C2. The van der Waals surface area contributed by atoms with Crippen LogP contribution in [0.25, 0.3) is 0 Å². The van der Waals surface area contributed by atoms with Crippen LogP contribution in [0.1, 0.15) is 25.7 Å². The molecule has 0 spiro atoms. The smallest absolute Gasteiger partial charge is 0.173 e. The average molecular weight is 243 g/mol. The second-order valence-corrected chi connectivity index (χ2v) is 23.0. The molecular formula is C12H26OSi2. The summed E-state index contributed by atoms with van der Waals surface area (Å²) in [6.45, 7) is 12.3. The van der Waals surface area contributed by atoms with Gasteiger partial charge in [-0.05, 0) is 50.6 Å². The van der Waals surface area contributed by atoms with Gasteiger partial charge >= 0.3 is 0 Å². The molecule has 0 aromatic carbocycles. The predicted octanol–water partition coefficient (Wildman–Crippen LogP) is 3.81. The van der Waals surface area contributed by atoms with E-state index in [2.05, 4.69) is 32.7 Å². The molecular weight excluding hydrogens is 216 g/mol. The fourth-order valence-electron chi connectivity index (χ4n) is 2.89. The molecule has 3 atom stereocenters. The molecule has 2 saturated carbocycles. The summed E-state index contributed by atoms with van der Waals surface area (Å²) in [6.07, 6.45) is 6.44. The molecule has 0 radical (unpaired) electrons. The Morgan fingerprint density at radius 3 is 2.00 bits per heavy atom.